The predicted molar refractivity (Wildman–Crippen MR) is 103 cm³/mol. The Kier molecular flexibility index (Phi) is 6.21. The third-order valence-corrected chi connectivity index (χ3v) is 4.55. The van der Waals surface area contributed by atoms with Gasteiger partial charge in [-0.05, 0) is 42.3 Å². The number of carbonyl (C=O) groups is 1. The van der Waals surface area contributed by atoms with E-state index in [2.05, 4.69) is 10.1 Å². The SMILES string of the molecule is COc1cc2c(cc1OC)/C(=C/C(=O)c1ccc(OC(F)F)c(OC)c1)NCC2. The van der Waals surface area contributed by atoms with Crippen LogP contribution in [0.4, 0.5) is 8.78 Å². The largest absolute Gasteiger partial charge is 0.493 e. The van der Waals surface area contributed by atoms with Crippen LogP contribution in [0.2, 0.25) is 0 Å². The summed E-state index contributed by atoms with van der Waals surface area (Å²) < 4.78 is 45.1. The highest BCUT2D eigenvalue weighted by Crippen LogP contribution is 2.35. The lowest BCUT2D eigenvalue weighted by Gasteiger charge is -2.23. The molecule has 0 fully saturated rings. The minimum absolute atomic E-state index is 0.0537. The van der Waals surface area contributed by atoms with E-state index in [1.54, 1.807) is 14.2 Å². The Labute approximate surface area is 167 Å². The molecule has 0 amide bonds. The van der Waals surface area contributed by atoms with Crippen LogP contribution >= 0.6 is 0 Å². The molecule has 0 aromatic heterocycles. The highest BCUT2D eigenvalue weighted by Gasteiger charge is 2.20. The molecule has 8 heteroatoms. The molecule has 0 radical (unpaired) electrons. The van der Waals surface area contributed by atoms with Crippen molar-refractivity contribution in [2.24, 2.45) is 0 Å². The van der Waals surface area contributed by atoms with Gasteiger partial charge in [-0.1, -0.05) is 0 Å². The van der Waals surface area contributed by atoms with Crippen LogP contribution in [0.5, 0.6) is 23.0 Å². The minimum atomic E-state index is -2.98. The number of alkyl halides is 2. The van der Waals surface area contributed by atoms with Crippen molar-refractivity contribution in [1.29, 1.82) is 0 Å². The number of hydrogen-bond donors (Lipinski definition) is 1. The van der Waals surface area contributed by atoms with Gasteiger partial charge in [-0.3, -0.25) is 4.79 Å². The van der Waals surface area contributed by atoms with Gasteiger partial charge in [0.2, 0.25) is 0 Å². The Hall–Kier alpha value is -3.29. The number of rotatable bonds is 7. The van der Waals surface area contributed by atoms with Gasteiger partial charge in [0.25, 0.3) is 0 Å². The lowest BCUT2D eigenvalue weighted by Crippen LogP contribution is -2.23. The molecule has 0 unspecified atom stereocenters. The fourth-order valence-electron chi connectivity index (χ4n) is 3.16. The van der Waals surface area contributed by atoms with Gasteiger partial charge < -0.3 is 24.3 Å². The molecule has 0 saturated carbocycles. The van der Waals surface area contributed by atoms with Crippen LogP contribution in [0.3, 0.4) is 0 Å². The fourth-order valence-corrected chi connectivity index (χ4v) is 3.16. The van der Waals surface area contributed by atoms with Crippen LogP contribution in [-0.4, -0.2) is 40.3 Å². The van der Waals surface area contributed by atoms with Gasteiger partial charge in [-0.2, -0.15) is 8.78 Å². The molecule has 0 atom stereocenters. The molecule has 0 aliphatic carbocycles. The number of nitrogens with one attached hydrogen (secondary N) is 1. The lowest BCUT2D eigenvalue weighted by atomic mass is 9.95. The van der Waals surface area contributed by atoms with Gasteiger partial charge in [0.1, 0.15) is 0 Å². The molecule has 1 aliphatic heterocycles. The summed E-state index contributed by atoms with van der Waals surface area (Å²) in [5.41, 5.74) is 2.79. The average Bonchev–Trinajstić information content (AvgIpc) is 2.72. The van der Waals surface area contributed by atoms with Crippen molar-refractivity contribution in [2.75, 3.05) is 27.9 Å². The molecule has 0 spiro atoms. The van der Waals surface area contributed by atoms with Gasteiger partial charge in [-0.25, -0.2) is 0 Å². The molecular weight excluding hydrogens is 384 g/mol. The van der Waals surface area contributed by atoms with E-state index in [0.29, 0.717) is 23.7 Å². The first-order chi connectivity index (χ1) is 14.0. The third kappa shape index (κ3) is 4.42. The smallest absolute Gasteiger partial charge is 0.387 e. The van der Waals surface area contributed by atoms with Gasteiger partial charge in [0.15, 0.2) is 28.8 Å². The minimum Gasteiger partial charge on any atom is -0.493 e. The van der Waals surface area contributed by atoms with E-state index in [9.17, 15) is 13.6 Å². The van der Waals surface area contributed by atoms with Crippen LogP contribution in [0.15, 0.2) is 36.4 Å². The summed E-state index contributed by atoms with van der Waals surface area (Å²) in [4.78, 5) is 12.8. The summed E-state index contributed by atoms with van der Waals surface area (Å²) >= 11 is 0. The van der Waals surface area contributed by atoms with Crippen molar-refractivity contribution in [3.63, 3.8) is 0 Å². The van der Waals surface area contributed by atoms with E-state index in [4.69, 9.17) is 14.2 Å². The number of ketones is 1. The third-order valence-electron chi connectivity index (χ3n) is 4.55. The van der Waals surface area contributed by atoms with Crippen LogP contribution in [0.1, 0.15) is 21.5 Å². The summed E-state index contributed by atoms with van der Waals surface area (Å²) in [7, 11) is 4.43. The zero-order valence-corrected chi connectivity index (χ0v) is 16.3. The number of fused-ring (bicyclic) bond motifs is 1. The number of methoxy groups -OCH3 is 3. The second-order valence-electron chi connectivity index (χ2n) is 6.21. The van der Waals surface area contributed by atoms with Crippen LogP contribution in [-0.2, 0) is 6.42 Å². The maximum atomic E-state index is 12.8. The predicted octanol–water partition coefficient (Wildman–Crippen LogP) is 3.68. The fraction of sp³-hybridized carbons (Fsp3) is 0.286. The molecule has 2 aromatic rings. The first kappa shape index (κ1) is 20.4. The van der Waals surface area contributed by atoms with Crippen molar-refractivity contribution < 1.29 is 32.5 Å². The maximum Gasteiger partial charge on any atom is 0.387 e. The number of carbonyl (C=O) groups excluding carboxylic acids is 1. The topological polar surface area (TPSA) is 66.0 Å². The Balaban J connectivity index is 1.94. The highest BCUT2D eigenvalue weighted by atomic mass is 19.3. The summed E-state index contributed by atoms with van der Waals surface area (Å²) in [6, 6.07) is 7.78. The first-order valence-corrected chi connectivity index (χ1v) is 8.84. The maximum absolute atomic E-state index is 12.8. The Morgan fingerprint density at radius 3 is 2.31 bits per heavy atom. The van der Waals surface area contributed by atoms with Crippen molar-refractivity contribution in [2.45, 2.75) is 13.0 Å². The van der Waals surface area contributed by atoms with Gasteiger partial charge in [-0.15, -0.1) is 0 Å². The summed E-state index contributed by atoms with van der Waals surface area (Å²) in [5, 5.41) is 3.22. The molecule has 3 rings (SSSR count). The molecule has 1 N–H and O–H groups in total. The van der Waals surface area contributed by atoms with Crippen LogP contribution < -0.4 is 24.3 Å². The number of halogens is 2. The average molecular weight is 405 g/mol. The standard InChI is InChI=1S/C21H21F2NO5/c1-26-18-9-13(4-5-17(18)29-21(22)23)16(25)11-15-14-10-20(28-3)19(27-2)8-12(14)6-7-24-15/h4-5,8-11,21,24H,6-7H2,1-3H3/b15-11-. The van der Waals surface area contributed by atoms with E-state index in [0.717, 1.165) is 17.5 Å². The van der Waals surface area contributed by atoms with E-state index in [1.165, 1.54) is 31.4 Å². The second-order valence-corrected chi connectivity index (χ2v) is 6.21. The van der Waals surface area contributed by atoms with Crippen molar-refractivity contribution in [3.05, 3.63) is 53.1 Å². The Morgan fingerprint density at radius 2 is 1.66 bits per heavy atom. The second kappa shape index (κ2) is 8.81. The molecule has 29 heavy (non-hydrogen) atoms. The van der Waals surface area contributed by atoms with Crippen molar-refractivity contribution in [1.82, 2.24) is 5.32 Å². The summed E-state index contributed by atoms with van der Waals surface area (Å²) in [6.07, 6.45) is 2.24. The first-order valence-electron chi connectivity index (χ1n) is 8.84. The Morgan fingerprint density at radius 1 is 1.00 bits per heavy atom. The highest BCUT2D eigenvalue weighted by molar-refractivity contribution is 6.09. The van der Waals surface area contributed by atoms with E-state index >= 15 is 0 Å². The lowest BCUT2D eigenvalue weighted by molar-refractivity contribution is -0.0512. The molecule has 2 aromatic carbocycles. The zero-order chi connectivity index (χ0) is 21.0. The van der Waals surface area contributed by atoms with E-state index in [-0.39, 0.29) is 22.8 Å². The molecular formula is C21H21F2NO5. The Bertz CT molecular complexity index is 943. The van der Waals surface area contributed by atoms with Gasteiger partial charge in [0, 0.05) is 29.4 Å². The van der Waals surface area contributed by atoms with Crippen LogP contribution in [0.25, 0.3) is 5.70 Å². The summed E-state index contributed by atoms with van der Waals surface area (Å²) in [6.45, 7) is -2.32. The van der Waals surface area contributed by atoms with Crippen LogP contribution in [0, 0.1) is 0 Å². The molecule has 1 heterocycles. The monoisotopic (exact) mass is 405 g/mol. The van der Waals surface area contributed by atoms with Gasteiger partial charge >= 0.3 is 6.61 Å². The molecule has 0 bridgehead atoms. The zero-order valence-electron chi connectivity index (χ0n) is 16.3. The molecule has 154 valence electrons. The number of hydrogen-bond acceptors (Lipinski definition) is 6. The molecule has 1 aliphatic rings. The summed E-state index contributed by atoms with van der Waals surface area (Å²) in [5.74, 6) is 0.793. The van der Waals surface area contributed by atoms with Crippen molar-refractivity contribution in [3.8, 4) is 23.0 Å². The number of allylic oxidation sites excluding steroid dienone is 1. The number of benzene rings is 2. The van der Waals surface area contributed by atoms with Gasteiger partial charge in [0.05, 0.1) is 21.3 Å². The normalized spacial score (nSPS) is 14.2. The molecule has 6 nitrogen and oxygen atoms in total. The van der Waals surface area contributed by atoms with E-state index < -0.39 is 6.61 Å². The number of ether oxygens (including phenoxy) is 4. The van der Waals surface area contributed by atoms with Crippen molar-refractivity contribution >= 4 is 11.5 Å². The quantitative estimate of drug-likeness (QED) is 0.560. The van der Waals surface area contributed by atoms with E-state index in [1.807, 2.05) is 12.1 Å². The molecule has 0 saturated heterocycles.